The van der Waals surface area contributed by atoms with Gasteiger partial charge in [0.2, 0.25) is 0 Å². The summed E-state index contributed by atoms with van der Waals surface area (Å²) < 4.78 is 11.1. The lowest BCUT2D eigenvalue weighted by molar-refractivity contribution is 0.0770. The number of morpholine rings is 1. The third-order valence-electron chi connectivity index (χ3n) is 3.45. The van der Waals surface area contributed by atoms with Crippen LogP contribution in [0.15, 0.2) is 18.2 Å². The minimum absolute atomic E-state index is 0.464. The fourth-order valence-electron chi connectivity index (χ4n) is 2.58. The summed E-state index contributed by atoms with van der Waals surface area (Å²) in [6.07, 6.45) is 3.34. The number of benzene rings is 1. The van der Waals surface area contributed by atoms with Gasteiger partial charge in [-0.25, -0.2) is 0 Å². The van der Waals surface area contributed by atoms with Crippen molar-refractivity contribution in [3.05, 3.63) is 29.3 Å². The zero-order valence-corrected chi connectivity index (χ0v) is 10.1. The molecule has 0 amide bonds. The number of aryl methyl sites for hydroxylation is 1. The first kappa shape index (κ1) is 11.1. The molecular weight excluding hydrogens is 214 g/mol. The van der Waals surface area contributed by atoms with E-state index < -0.39 is 0 Å². The molecule has 0 radical (unpaired) electrons. The predicted molar refractivity (Wildman–Crippen MR) is 66.6 cm³/mol. The summed E-state index contributed by atoms with van der Waals surface area (Å²) in [5.41, 5.74) is 2.75. The molecule has 1 unspecified atom stereocenters. The Labute approximate surface area is 102 Å². The molecule has 3 heteroatoms. The van der Waals surface area contributed by atoms with E-state index in [-0.39, 0.29) is 0 Å². The van der Waals surface area contributed by atoms with Crippen molar-refractivity contribution in [2.24, 2.45) is 0 Å². The molecule has 1 atom stereocenters. The van der Waals surface area contributed by atoms with E-state index >= 15 is 0 Å². The molecule has 3 nitrogen and oxygen atoms in total. The molecule has 1 N–H and O–H groups in total. The van der Waals surface area contributed by atoms with Crippen LogP contribution in [0.4, 0.5) is 0 Å². The predicted octanol–water partition coefficient (Wildman–Crippen LogP) is 1.54. The largest absolute Gasteiger partial charge is 0.493 e. The van der Waals surface area contributed by atoms with Crippen molar-refractivity contribution in [1.29, 1.82) is 0 Å². The molecule has 1 fully saturated rings. The summed E-state index contributed by atoms with van der Waals surface area (Å²) in [6.45, 7) is 3.51. The van der Waals surface area contributed by atoms with Gasteiger partial charge in [-0.1, -0.05) is 12.1 Å². The smallest absolute Gasteiger partial charge is 0.122 e. The lowest BCUT2D eigenvalue weighted by atomic mass is 9.99. The Morgan fingerprint density at radius 3 is 3.18 bits per heavy atom. The van der Waals surface area contributed by atoms with Crippen molar-refractivity contribution >= 4 is 0 Å². The van der Waals surface area contributed by atoms with Crippen LogP contribution in [0.1, 0.15) is 17.5 Å². The van der Waals surface area contributed by atoms with E-state index in [1.165, 1.54) is 11.1 Å². The van der Waals surface area contributed by atoms with Crippen LogP contribution in [0.5, 0.6) is 5.75 Å². The van der Waals surface area contributed by atoms with E-state index in [4.69, 9.17) is 9.47 Å². The maximum atomic E-state index is 5.63. The van der Waals surface area contributed by atoms with Crippen LogP contribution in [0.2, 0.25) is 0 Å². The van der Waals surface area contributed by atoms with Crippen molar-refractivity contribution in [3.8, 4) is 5.75 Å². The highest BCUT2D eigenvalue weighted by molar-refractivity contribution is 5.38. The van der Waals surface area contributed by atoms with Gasteiger partial charge in [0, 0.05) is 12.6 Å². The third kappa shape index (κ3) is 2.61. The van der Waals surface area contributed by atoms with Crippen molar-refractivity contribution in [2.75, 3.05) is 26.4 Å². The quantitative estimate of drug-likeness (QED) is 0.840. The molecule has 0 aromatic heterocycles. The van der Waals surface area contributed by atoms with E-state index in [0.717, 1.165) is 51.4 Å². The number of hydrogen-bond acceptors (Lipinski definition) is 3. The Morgan fingerprint density at radius 2 is 2.29 bits per heavy atom. The first-order valence-electron chi connectivity index (χ1n) is 6.47. The number of nitrogens with one attached hydrogen (secondary N) is 1. The highest BCUT2D eigenvalue weighted by atomic mass is 16.5. The van der Waals surface area contributed by atoms with Crippen LogP contribution in [-0.4, -0.2) is 32.4 Å². The molecule has 1 aromatic rings. The average Bonchev–Trinajstić information content (AvgIpc) is 2.40. The van der Waals surface area contributed by atoms with Crippen LogP contribution < -0.4 is 10.1 Å². The number of rotatable bonds is 2. The van der Waals surface area contributed by atoms with Crippen molar-refractivity contribution < 1.29 is 9.47 Å². The Kier molecular flexibility index (Phi) is 3.29. The van der Waals surface area contributed by atoms with E-state index in [9.17, 15) is 0 Å². The summed E-state index contributed by atoms with van der Waals surface area (Å²) in [6, 6.07) is 7.06. The fourth-order valence-corrected chi connectivity index (χ4v) is 2.58. The third-order valence-corrected chi connectivity index (χ3v) is 3.45. The van der Waals surface area contributed by atoms with Crippen LogP contribution in [0.3, 0.4) is 0 Å². The Balaban J connectivity index is 1.70. The van der Waals surface area contributed by atoms with Crippen LogP contribution in [0, 0.1) is 0 Å². The molecule has 0 aliphatic carbocycles. The first-order valence-corrected chi connectivity index (χ1v) is 6.47. The minimum atomic E-state index is 0.464. The minimum Gasteiger partial charge on any atom is -0.493 e. The molecule has 2 aliphatic heterocycles. The first-order chi connectivity index (χ1) is 8.42. The van der Waals surface area contributed by atoms with Crippen LogP contribution in [-0.2, 0) is 17.6 Å². The van der Waals surface area contributed by atoms with Gasteiger partial charge < -0.3 is 14.8 Å². The van der Waals surface area contributed by atoms with Gasteiger partial charge in [0.15, 0.2) is 0 Å². The molecule has 92 valence electrons. The lowest BCUT2D eigenvalue weighted by Crippen LogP contribution is -2.42. The fraction of sp³-hybridized carbons (Fsp3) is 0.571. The topological polar surface area (TPSA) is 30.5 Å². The second-order valence-corrected chi connectivity index (χ2v) is 4.82. The maximum absolute atomic E-state index is 5.63. The summed E-state index contributed by atoms with van der Waals surface area (Å²) in [7, 11) is 0. The molecule has 1 saturated heterocycles. The van der Waals surface area contributed by atoms with E-state index in [2.05, 4.69) is 23.5 Å². The van der Waals surface area contributed by atoms with Gasteiger partial charge in [0.25, 0.3) is 0 Å². The summed E-state index contributed by atoms with van der Waals surface area (Å²) in [4.78, 5) is 0. The second-order valence-electron chi connectivity index (χ2n) is 4.82. The van der Waals surface area contributed by atoms with Gasteiger partial charge in [0.1, 0.15) is 5.75 Å². The highest BCUT2D eigenvalue weighted by Crippen LogP contribution is 2.26. The van der Waals surface area contributed by atoms with E-state index in [1.54, 1.807) is 0 Å². The average molecular weight is 233 g/mol. The maximum Gasteiger partial charge on any atom is 0.122 e. The van der Waals surface area contributed by atoms with Gasteiger partial charge in [-0.2, -0.15) is 0 Å². The molecule has 0 saturated carbocycles. The molecule has 3 rings (SSSR count). The van der Waals surface area contributed by atoms with Crippen molar-refractivity contribution in [3.63, 3.8) is 0 Å². The van der Waals surface area contributed by atoms with Gasteiger partial charge in [-0.15, -0.1) is 0 Å². The zero-order chi connectivity index (χ0) is 11.5. The normalized spacial score (nSPS) is 23.9. The molecule has 2 aliphatic rings. The lowest BCUT2D eigenvalue weighted by Gasteiger charge is -2.24. The SMILES string of the molecule is c1cc2c(cc1CC1COCCN1)CCCO2. The zero-order valence-electron chi connectivity index (χ0n) is 10.1. The molecule has 1 aromatic carbocycles. The Hall–Kier alpha value is -1.06. The summed E-state index contributed by atoms with van der Waals surface area (Å²) in [5, 5.41) is 3.49. The number of hydrogen-bond donors (Lipinski definition) is 1. The number of fused-ring (bicyclic) bond motifs is 1. The van der Waals surface area contributed by atoms with Gasteiger partial charge >= 0.3 is 0 Å². The Morgan fingerprint density at radius 1 is 1.29 bits per heavy atom. The van der Waals surface area contributed by atoms with Crippen molar-refractivity contribution in [2.45, 2.75) is 25.3 Å². The monoisotopic (exact) mass is 233 g/mol. The van der Waals surface area contributed by atoms with Gasteiger partial charge in [0.05, 0.1) is 19.8 Å². The van der Waals surface area contributed by atoms with E-state index in [0.29, 0.717) is 6.04 Å². The summed E-state index contributed by atoms with van der Waals surface area (Å²) in [5.74, 6) is 1.08. The second kappa shape index (κ2) is 5.07. The van der Waals surface area contributed by atoms with Gasteiger partial charge in [-0.3, -0.25) is 0 Å². The molecule has 0 bridgehead atoms. The highest BCUT2D eigenvalue weighted by Gasteiger charge is 2.15. The van der Waals surface area contributed by atoms with E-state index in [1.807, 2.05) is 0 Å². The summed E-state index contributed by atoms with van der Waals surface area (Å²) >= 11 is 0. The van der Waals surface area contributed by atoms with Gasteiger partial charge in [-0.05, 0) is 36.5 Å². The standard InChI is InChI=1S/C14H19NO2/c1-2-12-8-11(3-4-14(12)17-6-1)9-13-10-16-7-5-15-13/h3-4,8,13,15H,1-2,5-7,9-10H2. The molecule has 17 heavy (non-hydrogen) atoms. The van der Waals surface area contributed by atoms with Crippen LogP contribution in [0.25, 0.3) is 0 Å². The van der Waals surface area contributed by atoms with Crippen LogP contribution >= 0.6 is 0 Å². The Bertz CT molecular complexity index is 386. The molecule has 0 spiro atoms. The van der Waals surface area contributed by atoms with Crippen molar-refractivity contribution in [1.82, 2.24) is 5.32 Å². The number of ether oxygens (including phenoxy) is 2. The molecule has 2 heterocycles. The molecular formula is C14H19NO2.